The molecule has 1 aromatic rings. The van der Waals surface area contributed by atoms with Gasteiger partial charge >= 0.3 is 0 Å². The van der Waals surface area contributed by atoms with Gasteiger partial charge in [-0.1, -0.05) is 5.16 Å². The Hall–Kier alpha value is -1.40. The molecule has 1 aromatic heterocycles. The first-order valence-electron chi connectivity index (χ1n) is 8.34. The highest BCUT2D eigenvalue weighted by Crippen LogP contribution is 2.16. The lowest BCUT2D eigenvalue weighted by atomic mass is 10.0. The summed E-state index contributed by atoms with van der Waals surface area (Å²) in [4.78, 5) is 16.6. The molecule has 0 aromatic carbocycles. The van der Waals surface area contributed by atoms with E-state index < -0.39 is 0 Å². The van der Waals surface area contributed by atoms with Gasteiger partial charge in [0.2, 0.25) is 5.91 Å². The zero-order valence-electron chi connectivity index (χ0n) is 13.4. The second kappa shape index (κ2) is 7.24. The van der Waals surface area contributed by atoms with E-state index in [0.717, 1.165) is 63.7 Å². The van der Waals surface area contributed by atoms with Gasteiger partial charge in [0.1, 0.15) is 5.76 Å². The van der Waals surface area contributed by atoms with Gasteiger partial charge in [-0.3, -0.25) is 9.69 Å². The van der Waals surface area contributed by atoms with Crippen molar-refractivity contribution in [3.63, 3.8) is 0 Å². The van der Waals surface area contributed by atoms with Crippen LogP contribution in [0.1, 0.15) is 30.7 Å². The van der Waals surface area contributed by atoms with Crippen LogP contribution in [-0.2, 0) is 11.3 Å². The van der Waals surface area contributed by atoms with Gasteiger partial charge in [0.05, 0.1) is 5.69 Å². The molecular weight excluding hydrogens is 280 g/mol. The van der Waals surface area contributed by atoms with Gasteiger partial charge in [0.25, 0.3) is 0 Å². The Bertz CT molecular complexity index is 488. The highest BCUT2D eigenvalue weighted by Gasteiger charge is 2.23. The Morgan fingerprint density at radius 2 is 2.23 bits per heavy atom. The third kappa shape index (κ3) is 4.08. The summed E-state index contributed by atoms with van der Waals surface area (Å²) in [6.45, 7) is 8.42. The normalized spacial score (nSPS) is 23.1. The Morgan fingerprint density at radius 1 is 1.41 bits per heavy atom. The first-order chi connectivity index (χ1) is 10.7. The van der Waals surface area contributed by atoms with Gasteiger partial charge in [-0.15, -0.1) is 0 Å². The van der Waals surface area contributed by atoms with E-state index in [-0.39, 0.29) is 0 Å². The van der Waals surface area contributed by atoms with Gasteiger partial charge in [-0.2, -0.15) is 0 Å². The van der Waals surface area contributed by atoms with Crippen LogP contribution in [0, 0.1) is 12.8 Å². The van der Waals surface area contributed by atoms with Crippen molar-refractivity contribution in [3.05, 3.63) is 17.5 Å². The van der Waals surface area contributed by atoms with Crippen LogP contribution in [0.25, 0.3) is 0 Å². The predicted molar refractivity (Wildman–Crippen MR) is 83.3 cm³/mol. The number of hydrogen-bond donors (Lipinski definition) is 1. The van der Waals surface area contributed by atoms with Crippen LogP contribution in [0.4, 0.5) is 0 Å². The molecule has 6 heteroatoms. The molecule has 1 unspecified atom stereocenters. The highest BCUT2D eigenvalue weighted by molar-refractivity contribution is 5.76. The quantitative estimate of drug-likeness (QED) is 0.880. The molecule has 0 radical (unpaired) electrons. The fraction of sp³-hybridized carbons (Fsp3) is 0.750. The van der Waals surface area contributed by atoms with E-state index in [4.69, 9.17) is 4.52 Å². The number of carbonyl (C=O) groups is 1. The average Bonchev–Trinajstić information content (AvgIpc) is 3.17. The minimum absolute atomic E-state index is 0.323. The monoisotopic (exact) mass is 306 g/mol. The van der Waals surface area contributed by atoms with Crippen molar-refractivity contribution in [2.45, 2.75) is 32.7 Å². The van der Waals surface area contributed by atoms with Gasteiger partial charge < -0.3 is 14.7 Å². The average molecular weight is 306 g/mol. The standard InChI is InChI=1S/C16H26N4O2/c1-13-10-15(18-22-13)12-19-6-8-20(9-7-19)16(21)3-2-14-4-5-17-11-14/h10,14,17H,2-9,11-12H2,1H3. The summed E-state index contributed by atoms with van der Waals surface area (Å²) < 4.78 is 5.10. The molecule has 1 atom stereocenters. The summed E-state index contributed by atoms with van der Waals surface area (Å²) in [6, 6.07) is 1.98. The van der Waals surface area contributed by atoms with Crippen LogP contribution in [-0.4, -0.2) is 60.1 Å². The third-order valence-electron chi connectivity index (χ3n) is 4.72. The number of piperazine rings is 1. The molecule has 0 aliphatic carbocycles. The van der Waals surface area contributed by atoms with Crippen molar-refractivity contribution in [1.29, 1.82) is 0 Å². The molecule has 0 saturated carbocycles. The predicted octanol–water partition coefficient (Wildman–Crippen LogP) is 1.02. The van der Waals surface area contributed by atoms with E-state index in [1.54, 1.807) is 0 Å². The Morgan fingerprint density at radius 3 is 2.86 bits per heavy atom. The summed E-state index contributed by atoms with van der Waals surface area (Å²) >= 11 is 0. The zero-order chi connectivity index (χ0) is 15.4. The summed E-state index contributed by atoms with van der Waals surface area (Å²) in [5.41, 5.74) is 0.978. The molecule has 0 bridgehead atoms. The van der Waals surface area contributed by atoms with Crippen LogP contribution in [0.3, 0.4) is 0 Å². The molecule has 3 heterocycles. The SMILES string of the molecule is Cc1cc(CN2CCN(C(=O)CCC3CCNC3)CC2)no1. The Balaban J connectivity index is 1.38. The lowest BCUT2D eigenvalue weighted by molar-refractivity contribution is -0.133. The summed E-state index contributed by atoms with van der Waals surface area (Å²) in [6.07, 6.45) is 2.96. The summed E-state index contributed by atoms with van der Waals surface area (Å²) in [5, 5.41) is 7.40. The van der Waals surface area contributed by atoms with E-state index in [9.17, 15) is 4.79 Å². The van der Waals surface area contributed by atoms with Crippen molar-refractivity contribution >= 4 is 5.91 Å². The van der Waals surface area contributed by atoms with Crippen LogP contribution < -0.4 is 5.32 Å². The maximum Gasteiger partial charge on any atom is 0.222 e. The van der Waals surface area contributed by atoms with Crippen LogP contribution >= 0.6 is 0 Å². The lowest BCUT2D eigenvalue weighted by Crippen LogP contribution is -2.48. The minimum Gasteiger partial charge on any atom is -0.361 e. The molecule has 2 aliphatic rings. The number of nitrogens with one attached hydrogen (secondary N) is 1. The summed E-state index contributed by atoms with van der Waals surface area (Å²) in [5.74, 6) is 1.87. The molecule has 2 saturated heterocycles. The first kappa shape index (κ1) is 15.5. The number of amides is 1. The van der Waals surface area contributed by atoms with Crippen molar-refractivity contribution in [1.82, 2.24) is 20.3 Å². The van der Waals surface area contributed by atoms with Crippen molar-refractivity contribution in [3.8, 4) is 0 Å². The van der Waals surface area contributed by atoms with Gasteiger partial charge in [0.15, 0.2) is 0 Å². The van der Waals surface area contributed by atoms with Crippen LogP contribution in [0.5, 0.6) is 0 Å². The molecule has 22 heavy (non-hydrogen) atoms. The molecule has 6 nitrogen and oxygen atoms in total. The maximum atomic E-state index is 12.3. The largest absolute Gasteiger partial charge is 0.361 e. The van der Waals surface area contributed by atoms with Gasteiger partial charge in [-0.25, -0.2) is 0 Å². The highest BCUT2D eigenvalue weighted by atomic mass is 16.5. The van der Waals surface area contributed by atoms with Crippen molar-refractivity contribution in [2.24, 2.45) is 5.92 Å². The number of hydrogen-bond acceptors (Lipinski definition) is 5. The molecule has 122 valence electrons. The maximum absolute atomic E-state index is 12.3. The smallest absolute Gasteiger partial charge is 0.222 e. The number of aromatic nitrogens is 1. The van der Waals surface area contributed by atoms with Crippen LogP contribution in [0.2, 0.25) is 0 Å². The van der Waals surface area contributed by atoms with Crippen molar-refractivity contribution in [2.75, 3.05) is 39.3 Å². The molecule has 0 spiro atoms. The minimum atomic E-state index is 0.323. The first-order valence-corrected chi connectivity index (χ1v) is 8.34. The second-order valence-electron chi connectivity index (χ2n) is 6.48. The topological polar surface area (TPSA) is 61.6 Å². The third-order valence-corrected chi connectivity index (χ3v) is 4.72. The lowest BCUT2D eigenvalue weighted by Gasteiger charge is -2.34. The number of rotatable bonds is 5. The Kier molecular flexibility index (Phi) is 5.10. The molecule has 3 rings (SSSR count). The molecule has 2 aliphatic heterocycles. The number of aryl methyl sites for hydroxylation is 1. The molecule has 1 N–H and O–H groups in total. The van der Waals surface area contributed by atoms with Crippen LogP contribution in [0.15, 0.2) is 10.6 Å². The Labute approximate surface area is 131 Å². The molecular formula is C16H26N4O2. The zero-order valence-corrected chi connectivity index (χ0v) is 13.4. The van der Waals surface area contributed by atoms with Gasteiger partial charge in [-0.05, 0) is 38.8 Å². The number of nitrogens with zero attached hydrogens (tertiary/aromatic N) is 3. The van der Waals surface area contributed by atoms with Crippen molar-refractivity contribution < 1.29 is 9.32 Å². The fourth-order valence-electron chi connectivity index (χ4n) is 3.32. The summed E-state index contributed by atoms with van der Waals surface area (Å²) in [7, 11) is 0. The van der Waals surface area contributed by atoms with Gasteiger partial charge in [0, 0.05) is 45.2 Å². The van der Waals surface area contributed by atoms with E-state index in [1.165, 1.54) is 6.42 Å². The van der Waals surface area contributed by atoms with E-state index in [1.807, 2.05) is 17.9 Å². The van der Waals surface area contributed by atoms with E-state index in [0.29, 0.717) is 18.2 Å². The molecule has 2 fully saturated rings. The number of carbonyl (C=O) groups excluding carboxylic acids is 1. The van der Waals surface area contributed by atoms with E-state index >= 15 is 0 Å². The molecule has 1 amide bonds. The second-order valence-corrected chi connectivity index (χ2v) is 6.48. The van der Waals surface area contributed by atoms with E-state index in [2.05, 4.69) is 15.4 Å². The fourth-order valence-corrected chi connectivity index (χ4v) is 3.32.